The Balaban J connectivity index is 2.21. The number of hydrogen-bond acceptors (Lipinski definition) is 3. The van der Waals surface area contributed by atoms with Gasteiger partial charge in [0.2, 0.25) is 10.0 Å². The van der Waals surface area contributed by atoms with Gasteiger partial charge in [-0.25, -0.2) is 8.42 Å². The van der Waals surface area contributed by atoms with Gasteiger partial charge in [-0.2, -0.15) is 9.40 Å². The summed E-state index contributed by atoms with van der Waals surface area (Å²) in [5.41, 5.74) is 0. The van der Waals surface area contributed by atoms with E-state index in [-0.39, 0.29) is 11.4 Å². The molecule has 6 heteroatoms. The highest BCUT2D eigenvalue weighted by atomic mass is 32.2. The van der Waals surface area contributed by atoms with Crippen LogP contribution >= 0.6 is 0 Å². The SMILES string of the molecule is C#CCN(CC1CC1)S(=O)(=O)c1cn[nH]c1. The van der Waals surface area contributed by atoms with Gasteiger partial charge in [0.05, 0.1) is 12.7 Å². The molecule has 0 atom stereocenters. The fraction of sp³-hybridized carbons (Fsp3) is 0.500. The molecule has 1 aromatic heterocycles. The Morgan fingerprint density at radius 2 is 2.38 bits per heavy atom. The van der Waals surface area contributed by atoms with Crippen molar-refractivity contribution in [3.8, 4) is 12.3 Å². The van der Waals surface area contributed by atoms with E-state index in [0.717, 1.165) is 12.8 Å². The first-order chi connectivity index (χ1) is 7.64. The molecule has 5 nitrogen and oxygen atoms in total. The molecule has 1 saturated carbocycles. The highest BCUT2D eigenvalue weighted by Gasteiger charge is 2.31. The quantitative estimate of drug-likeness (QED) is 0.758. The Morgan fingerprint density at radius 3 is 2.88 bits per heavy atom. The van der Waals surface area contributed by atoms with Crippen LogP contribution in [0, 0.1) is 18.3 Å². The van der Waals surface area contributed by atoms with E-state index in [1.165, 1.54) is 16.7 Å². The number of nitrogens with one attached hydrogen (secondary N) is 1. The molecule has 0 spiro atoms. The van der Waals surface area contributed by atoms with Crippen LogP contribution in [0.15, 0.2) is 17.3 Å². The number of sulfonamides is 1. The number of rotatable bonds is 5. The number of terminal acetylenes is 1. The highest BCUT2D eigenvalue weighted by Crippen LogP contribution is 2.31. The van der Waals surface area contributed by atoms with Crippen LogP contribution in [-0.4, -0.2) is 36.0 Å². The first-order valence-corrected chi connectivity index (χ1v) is 6.51. The summed E-state index contributed by atoms with van der Waals surface area (Å²) in [5.74, 6) is 2.85. The van der Waals surface area contributed by atoms with Crippen LogP contribution < -0.4 is 0 Å². The van der Waals surface area contributed by atoms with Crippen LogP contribution in [0.5, 0.6) is 0 Å². The van der Waals surface area contributed by atoms with Crippen molar-refractivity contribution in [1.29, 1.82) is 0 Å². The van der Waals surface area contributed by atoms with Gasteiger partial charge in [0.25, 0.3) is 0 Å². The zero-order valence-electron chi connectivity index (χ0n) is 8.76. The van der Waals surface area contributed by atoms with Crippen LogP contribution in [0.25, 0.3) is 0 Å². The number of nitrogens with zero attached hydrogens (tertiary/aromatic N) is 2. The molecule has 1 aliphatic rings. The van der Waals surface area contributed by atoms with E-state index in [4.69, 9.17) is 6.42 Å². The van der Waals surface area contributed by atoms with Gasteiger partial charge < -0.3 is 0 Å². The van der Waals surface area contributed by atoms with Crippen molar-refractivity contribution in [2.24, 2.45) is 5.92 Å². The molecule has 1 N–H and O–H groups in total. The van der Waals surface area contributed by atoms with Gasteiger partial charge in [-0.05, 0) is 18.8 Å². The summed E-state index contributed by atoms with van der Waals surface area (Å²) in [5, 5.41) is 6.14. The third-order valence-electron chi connectivity index (χ3n) is 2.54. The minimum atomic E-state index is -3.48. The summed E-state index contributed by atoms with van der Waals surface area (Å²) in [6.07, 6.45) is 10.0. The minimum Gasteiger partial charge on any atom is -0.284 e. The Morgan fingerprint density at radius 1 is 1.62 bits per heavy atom. The third kappa shape index (κ3) is 2.26. The first-order valence-electron chi connectivity index (χ1n) is 5.07. The maximum absolute atomic E-state index is 12.1. The van der Waals surface area contributed by atoms with Crippen molar-refractivity contribution in [1.82, 2.24) is 14.5 Å². The maximum Gasteiger partial charge on any atom is 0.247 e. The largest absolute Gasteiger partial charge is 0.284 e. The predicted octanol–water partition coefficient (Wildman–Crippen LogP) is 0.444. The molecule has 2 rings (SSSR count). The number of hydrogen-bond donors (Lipinski definition) is 1. The number of aromatic amines is 1. The van der Waals surface area contributed by atoms with E-state index in [0.29, 0.717) is 12.5 Å². The lowest BCUT2D eigenvalue weighted by Gasteiger charge is -2.18. The molecule has 0 aromatic carbocycles. The molecule has 1 aliphatic carbocycles. The normalized spacial score (nSPS) is 16.2. The standard InChI is InChI=1S/C10H13N3O2S/c1-2-5-13(8-9-3-4-9)16(14,15)10-6-11-12-7-10/h1,6-7,9H,3-5,8H2,(H,11,12). The zero-order chi connectivity index (χ0) is 11.6. The Bertz CT molecular complexity index is 483. The molecule has 1 fully saturated rings. The van der Waals surface area contributed by atoms with Crippen molar-refractivity contribution in [3.05, 3.63) is 12.4 Å². The van der Waals surface area contributed by atoms with Gasteiger partial charge in [-0.3, -0.25) is 5.10 Å². The summed E-state index contributed by atoms with van der Waals surface area (Å²) < 4.78 is 25.6. The van der Waals surface area contributed by atoms with E-state index in [9.17, 15) is 8.42 Å². The maximum atomic E-state index is 12.1. The van der Waals surface area contributed by atoms with Crippen LogP contribution in [0.2, 0.25) is 0 Å². The lowest BCUT2D eigenvalue weighted by atomic mass is 10.4. The number of aromatic nitrogens is 2. The summed E-state index contributed by atoms with van der Waals surface area (Å²) in [7, 11) is -3.48. The second-order valence-electron chi connectivity index (χ2n) is 3.88. The van der Waals surface area contributed by atoms with Crippen LogP contribution in [-0.2, 0) is 10.0 Å². The smallest absolute Gasteiger partial charge is 0.247 e. The summed E-state index contributed by atoms with van der Waals surface area (Å²) in [4.78, 5) is 0.170. The van der Waals surface area contributed by atoms with E-state index in [1.54, 1.807) is 0 Å². The molecule has 16 heavy (non-hydrogen) atoms. The van der Waals surface area contributed by atoms with Gasteiger partial charge >= 0.3 is 0 Å². The molecule has 0 unspecified atom stereocenters. The molecule has 1 heterocycles. The molecule has 0 bridgehead atoms. The molecular formula is C10H13N3O2S. The molecule has 0 amide bonds. The van der Waals surface area contributed by atoms with Crippen molar-refractivity contribution < 1.29 is 8.42 Å². The van der Waals surface area contributed by atoms with Gasteiger partial charge in [-0.1, -0.05) is 5.92 Å². The second kappa shape index (κ2) is 4.28. The highest BCUT2D eigenvalue weighted by molar-refractivity contribution is 7.89. The van der Waals surface area contributed by atoms with Crippen molar-refractivity contribution in [2.45, 2.75) is 17.7 Å². The summed E-state index contributed by atoms with van der Waals surface area (Å²) in [6.45, 7) is 0.627. The fourth-order valence-electron chi connectivity index (χ4n) is 1.47. The van der Waals surface area contributed by atoms with Crippen LogP contribution in [0.1, 0.15) is 12.8 Å². The van der Waals surface area contributed by atoms with Crippen LogP contribution in [0.3, 0.4) is 0 Å². The Kier molecular flexibility index (Phi) is 2.99. The molecule has 1 aromatic rings. The molecule has 86 valence electrons. The van der Waals surface area contributed by atoms with Gasteiger partial charge in [0.1, 0.15) is 4.90 Å². The average Bonchev–Trinajstić information content (AvgIpc) is 2.89. The lowest BCUT2D eigenvalue weighted by molar-refractivity contribution is 0.430. The minimum absolute atomic E-state index is 0.115. The zero-order valence-corrected chi connectivity index (χ0v) is 9.57. The molecule has 0 saturated heterocycles. The third-order valence-corrected chi connectivity index (χ3v) is 4.31. The molecular weight excluding hydrogens is 226 g/mol. The summed E-state index contributed by atoms with van der Waals surface area (Å²) in [6, 6.07) is 0. The van der Waals surface area contributed by atoms with Gasteiger partial charge in [-0.15, -0.1) is 6.42 Å². The van der Waals surface area contributed by atoms with E-state index < -0.39 is 10.0 Å². The average molecular weight is 239 g/mol. The van der Waals surface area contributed by atoms with Crippen LogP contribution in [0.4, 0.5) is 0 Å². The van der Waals surface area contributed by atoms with E-state index >= 15 is 0 Å². The Hall–Kier alpha value is -1.32. The topological polar surface area (TPSA) is 66.1 Å². The Labute approximate surface area is 94.9 Å². The fourth-order valence-corrected chi connectivity index (χ4v) is 2.80. The van der Waals surface area contributed by atoms with Crippen molar-refractivity contribution >= 4 is 10.0 Å². The lowest BCUT2D eigenvalue weighted by Crippen LogP contribution is -2.33. The van der Waals surface area contributed by atoms with Crippen molar-refractivity contribution in [2.75, 3.05) is 13.1 Å². The van der Waals surface area contributed by atoms with Crippen molar-refractivity contribution in [3.63, 3.8) is 0 Å². The number of H-pyrrole nitrogens is 1. The predicted molar refractivity (Wildman–Crippen MR) is 58.9 cm³/mol. The monoisotopic (exact) mass is 239 g/mol. The molecule has 0 aliphatic heterocycles. The van der Waals surface area contributed by atoms with E-state index in [1.807, 2.05) is 0 Å². The first kappa shape index (κ1) is 11.2. The summed E-state index contributed by atoms with van der Waals surface area (Å²) >= 11 is 0. The molecule has 0 radical (unpaired) electrons. The van der Waals surface area contributed by atoms with Gasteiger partial charge in [0, 0.05) is 12.7 Å². The second-order valence-corrected chi connectivity index (χ2v) is 5.82. The van der Waals surface area contributed by atoms with Gasteiger partial charge in [0.15, 0.2) is 0 Å². The van der Waals surface area contributed by atoms with E-state index in [2.05, 4.69) is 16.1 Å².